The molecule has 0 amide bonds. The smallest absolute Gasteiger partial charge is 0.189 e. The number of hydrogen-bond donors (Lipinski definition) is 1. The van der Waals surface area contributed by atoms with Crippen molar-refractivity contribution in [1.29, 1.82) is 5.26 Å². The Labute approximate surface area is 114 Å². The second-order valence-electron chi connectivity index (χ2n) is 3.99. The first kappa shape index (κ1) is 11.8. The average Bonchev–Trinajstić information content (AvgIpc) is 2.94. The van der Waals surface area contributed by atoms with Gasteiger partial charge < -0.3 is 4.98 Å². The Balaban J connectivity index is 2.22. The summed E-state index contributed by atoms with van der Waals surface area (Å²) in [4.78, 5) is 12.1. The van der Waals surface area contributed by atoms with Crippen LogP contribution in [-0.2, 0) is 0 Å². The predicted octanol–water partition coefficient (Wildman–Crippen LogP) is 3.22. The molecule has 92 valence electrons. The molecule has 0 aliphatic heterocycles. The number of aromatic amines is 1. The second-order valence-corrected chi connectivity index (χ2v) is 4.76. The van der Waals surface area contributed by atoms with Gasteiger partial charge in [0.2, 0.25) is 0 Å². The van der Waals surface area contributed by atoms with Gasteiger partial charge in [-0.1, -0.05) is 23.9 Å². The summed E-state index contributed by atoms with van der Waals surface area (Å²) in [6.45, 7) is 0. The molecule has 0 bridgehead atoms. The molecule has 5 heteroatoms. The second kappa shape index (κ2) is 4.75. The van der Waals surface area contributed by atoms with Crippen molar-refractivity contribution in [3.05, 3.63) is 42.1 Å². The Morgan fingerprint density at radius 3 is 2.63 bits per heavy atom. The normalized spacial score (nSPS) is 10.5. The lowest BCUT2D eigenvalue weighted by atomic mass is 10.1. The van der Waals surface area contributed by atoms with Crippen LogP contribution in [0, 0.1) is 11.3 Å². The summed E-state index contributed by atoms with van der Waals surface area (Å²) in [5, 5.41) is 10.6. The molecule has 0 aliphatic carbocycles. The monoisotopic (exact) mass is 266 g/mol. The number of thioether (sulfide) groups is 1. The Hall–Kier alpha value is -2.32. The first-order valence-electron chi connectivity index (χ1n) is 5.71. The van der Waals surface area contributed by atoms with Crippen molar-refractivity contribution in [2.75, 3.05) is 6.26 Å². The lowest BCUT2D eigenvalue weighted by molar-refractivity contribution is 1.00. The molecule has 0 saturated carbocycles. The summed E-state index contributed by atoms with van der Waals surface area (Å²) in [6.07, 6.45) is 3.81. The Kier molecular flexibility index (Phi) is 2.94. The fourth-order valence-electron chi connectivity index (χ4n) is 1.93. The number of nitriles is 1. The van der Waals surface area contributed by atoms with Crippen molar-refractivity contribution in [2.24, 2.45) is 0 Å². The molecule has 1 aromatic carbocycles. The summed E-state index contributed by atoms with van der Waals surface area (Å²) < 4.78 is 0. The van der Waals surface area contributed by atoms with Crippen LogP contribution in [0.3, 0.4) is 0 Å². The van der Waals surface area contributed by atoms with Crippen molar-refractivity contribution in [3.63, 3.8) is 0 Å². The lowest BCUT2D eigenvalue weighted by Crippen LogP contribution is -1.92. The van der Waals surface area contributed by atoms with E-state index in [1.54, 1.807) is 12.1 Å². The summed E-state index contributed by atoms with van der Waals surface area (Å²) in [6, 6.07) is 11.5. The zero-order chi connectivity index (χ0) is 13.2. The Morgan fingerprint density at radius 1 is 1.16 bits per heavy atom. The molecule has 0 spiro atoms. The zero-order valence-corrected chi connectivity index (χ0v) is 11.0. The van der Waals surface area contributed by atoms with Gasteiger partial charge in [0.1, 0.15) is 5.65 Å². The number of nitrogens with one attached hydrogen (secondary N) is 1. The van der Waals surface area contributed by atoms with E-state index in [0.29, 0.717) is 5.56 Å². The molecule has 0 aliphatic rings. The van der Waals surface area contributed by atoms with Gasteiger partial charge in [-0.2, -0.15) is 5.26 Å². The van der Waals surface area contributed by atoms with Crippen LogP contribution in [0.15, 0.2) is 41.7 Å². The van der Waals surface area contributed by atoms with Crippen LogP contribution in [0.2, 0.25) is 0 Å². The van der Waals surface area contributed by atoms with E-state index >= 15 is 0 Å². The van der Waals surface area contributed by atoms with E-state index in [-0.39, 0.29) is 0 Å². The van der Waals surface area contributed by atoms with Crippen LogP contribution in [0.5, 0.6) is 0 Å². The van der Waals surface area contributed by atoms with Gasteiger partial charge in [-0.15, -0.1) is 0 Å². The highest BCUT2D eigenvalue weighted by molar-refractivity contribution is 7.98. The highest BCUT2D eigenvalue weighted by atomic mass is 32.2. The molecule has 4 nitrogen and oxygen atoms in total. The van der Waals surface area contributed by atoms with Crippen molar-refractivity contribution in [1.82, 2.24) is 15.0 Å². The molecule has 3 rings (SSSR count). The maximum Gasteiger partial charge on any atom is 0.189 e. The fraction of sp³-hybridized carbons (Fsp3) is 0.0714. The number of H-pyrrole nitrogens is 1. The molecule has 1 N–H and O–H groups in total. The van der Waals surface area contributed by atoms with Crippen molar-refractivity contribution in [2.45, 2.75) is 5.16 Å². The number of hydrogen-bond acceptors (Lipinski definition) is 4. The summed E-state index contributed by atoms with van der Waals surface area (Å²) >= 11 is 1.51. The quantitative estimate of drug-likeness (QED) is 0.571. The van der Waals surface area contributed by atoms with E-state index in [2.05, 4.69) is 21.0 Å². The molecule has 0 unspecified atom stereocenters. The third kappa shape index (κ3) is 2.07. The van der Waals surface area contributed by atoms with Gasteiger partial charge in [0, 0.05) is 17.1 Å². The van der Waals surface area contributed by atoms with Gasteiger partial charge in [0.25, 0.3) is 0 Å². The van der Waals surface area contributed by atoms with E-state index in [9.17, 15) is 0 Å². The van der Waals surface area contributed by atoms with Crippen LogP contribution in [0.4, 0.5) is 0 Å². The van der Waals surface area contributed by atoms with Crippen LogP contribution in [0.1, 0.15) is 5.56 Å². The van der Waals surface area contributed by atoms with Crippen LogP contribution in [0.25, 0.3) is 22.3 Å². The SMILES string of the molecule is CSc1nc(-c2ccc(C#N)cc2)c2cc[nH]c2n1. The van der Waals surface area contributed by atoms with E-state index < -0.39 is 0 Å². The molecule has 2 aromatic heterocycles. The first-order valence-corrected chi connectivity index (χ1v) is 6.94. The summed E-state index contributed by atoms with van der Waals surface area (Å²) in [5.41, 5.74) is 3.35. The van der Waals surface area contributed by atoms with E-state index in [1.165, 1.54) is 11.8 Å². The van der Waals surface area contributed by atoms with Gasteiger partial charge in [-0.3, -0.25) is 0 Å². The predicted molar refractivity (Wildman–Crippen MR) is 75.8 cm³/mol. The minimum Gasteiger partial charge on any atom is -0.346 e. The number of nitrogens with zero attached hydrogens (tertiary/aromatic N) is 3. The number of benzene rings is 1. The van der Waals surface area contributed by atoms with Gasteiger partial charge in [0.15, 0.2) is 5.16 Å². The van der Waals surface area contributed by atoms with Gasteiger partial charge in [0.05, 0.1) is 17.3 Å². The van der Waals surface area contributed by atoms with Gasteiger partial charge in [-0.25, -0.2) is 9.97 Å². The van der Waals surface area contributed by atoms with Crippen LogP contribution in [-0.4, -0.2) is 21.2 Å². The molecule has 0 saturated heterocycles. The molecule has 0 radical (unpaired) electrons. The molecule has 2 heterocycles. The number of rotatable bonds is 2. The maximum atomic E-state index is 8.84. The largest absolute Gasteiger partial charge is 0.346 e. The van der Waals surface area contributed by atoms with E-state index in [0.717, 1.165) is 27.4 Å². The molecule has 19 heavy (non-hydrogen) atoms. The highest BCUT2D eigenvalue weighted by Gasteiger charge is 2.10. The minimum absolute atomic E-state index is 0.646. The molecular weight excluding hydrogens is 256 g/mol. The Morgan fingerprint density at radius 2 is 1.95 bits per heavy atom. The summed E-state index contributed by atoms with van der Waals surface area (Å²) in [5.74, 6) is 0. The number of fused-ring (bicyclic) bond motifs is 1. The van der Waals surface area contributed by atoms with E-state index in [1.807, 2.05) is 30.7 Å². The first-order chi connectivity index (χ1) is 9.31. The topological polar surface area (TPSA) is 65.4 Å². The molecule has 3 aromatic rings. The van der Waals surface area contributed by atoms with Crippen LogP contribution < -0.4 is 0 Å². The van der Waals surface area contributed by atoms with Crippen molar-refractivity contribution < 1.29 is 0 Å². The zero-order valence-electron chi connectivity index (χ0n) is 10.2. The minimum atomic E-state index is 0.646. The maximum absolute atomic E-state index is 8.84. The molecular formula is C14H10N4S. The molecule has 0 atom stereocenters. The van der Waals surface area contributed by atoms with Gasteiger partial charge >= 0.3 is 0 Å². The highest BCUT2D eigenvalue weighted by Crippen LogP contribution is 2.27. The third-order valence-corrected chi connectivity index (χ3v) is 3.41. The average molecular weight is 266 g/mol. The standard InChI is InChI=1S/C14H10N4S/c1-19-14-17-12(11-6-7-16-13(11)18-14)10-4-2-9(8-15)3-5-10/h2-7H,1H3,(H,16,17,18). The Bertz CT molecular complexity index is 768. The summed E-state index contributed by atoms with van der Waals surface area (Å²) in [7, 11) is 0. The van der Waals surface area contributed by atoms with Crippen LogP contribution >= 0.6 is 11.8 Å². The molecule has 0 fully saturated rings. The third-order valence-electron chi connectivity index (χ3n) is 2.87. The van der Waals surface area contributed by atoms with Crippen molar-refractivity contribution in [3.8, 4) is 17.3 Å². The van der Waals surface area contributed by atoms with E-state index in [4.69, 9.17) is 5.26 Å². The fourth-order valence-corrected chi connectivity index (χ4v) is 2.30. The number of aromatic nitrogens is 3. The lowest BCUT2D eigenvalue weighted by Gasteiger charge is -2.04. The van der Waals surface area contributed by atoms with Crippen molar-refractivity contribution >= 4 is 22.8 Å². The van der Waals surface area contributed by atoms with Gasteiger partial charge in [-0.05, 0) is 24.5 Å².